The molecule has 3 aromatic rings. The summed E-state index contributed by atoms with van der Waals surface area (Å²) in [6, 6.07) is 5.37. The summed E-state index contributed by atoms with van der Waals surface area (Å²) in [5.74, 6) is -3.85. The van der Waals surface area contributed by atoms with Gasteiger partial charge in [-0.2, -0.15) is 0 Å². The summed E-state index contributed by atoms with van der Waals surface area (Å²) in [6.07, 6.45) is -2.61. The maximum Gasteiger partial charge on any atom is 0.194 e. The lowest BCUT2D eigenvalue weighted by atomic mass is 9.97. The highest BCUT2D eigenvalue weighted by Crippen LogP contribution is 2.41. The van der Waals surface area contributed by atoms with Crippen LogP contribution in [0.15, 0.2) is 41.4 Å². The van der Waals surface area contributed by atoms with E-state index in [9.17, 15) is 28.5 Å². The van der Waals surface area contributed by atoms with Crippen LogP contribution in [0.1, 0.15) is 13.0 Å². The summed E-state index contributed by atoms with van der Waals surface area (Å²) in [7, 11) is 0. The average molecular weight is 532 g/mol. The lowest BCUT2D eigenvalue weighted by Crippen LogP contribution is -2.55. The lowest BCUT2D eigenvalue weighted by molar-refractivity contribution is -0.178. The summed E-state index contributed by atoms with van der Waals surface area (Å²) >= 11 is 7.41. The van der Waals surface area contributed by atoms with Gasteiger partial charge in [-0.3, -0.25) is 0 Å². The van der Waals surface area contributed by atoms with Gasteiger partial charge in [0.1, 0.15) is 41.2 Å². The molecule has 188 valence electrons. The van der Waals surface area contributed by atoms with Crippen molar-refractivity contribution >= 4 is 23.4 Å². The number of rotatable bonds is 7. The van der Waals surface area contributed by atoms with E-state index in [0.29, 0.717) is 22.3 Å². The summed E-state index contributed by atoms with van der Waals surface area (Å²) in [5, 5.41) is 39.6. The Morgan fingerprint density at radius 2 is 1.86 bits per heavy atom. The molecule has 3 N–H and O–H groups in total. The number of halogens is 4. The van der Waals surface area contributed by atoms with Gasteiger partial charge in [-0.05, 0) is 37.3 Å². The minimum atomic E-state index is -1.62. The van der Waals surface area contributed by atoms with E-state index in [0.717, 1.165) is 28.6 Å². The van der Waals surface area contributed by atoms with E-state index < -0.39 is 53.8 Å². The molecule has 4 rings (SSSR count). The lowest BCUT2D eigenvalue weighted by Gasteiger charge is -2.41. The second-order valence-electron chi connectivity index (χ2n) is 7.68. The topological polar surface area (TPSA) is 110 Å². The van der Waals surface area contributed by atoms with Crippen LogP contribution in [0.5, 0.6) is 5.75 Å². The molecule has 2 heterocycles. The zero-order chi connectivity index (χ0) is 25.3. The van der Waals surface area contributed by atoms with Crippen LogP contribution in [0.3, 0.4) is 0 Å². The van der Waals surface area contributed by atoms with Crippen molar-refractivity contribution in [3.05, 3.63) is 59.0 Å². The van der Waals surface area contributed by atoms with E-state index in [2.05, 4.69) is 10.3 Å². The molecule has 1 aliphatic rings. The molecule has 1 aromatic heterocycles. The van der Waals surface area contributed by atoms with Crippen LogP contribution in [-0.4, -0.2) is 67.3 Å². The third-order valence-electron chi connectivity index (χ3n) is 5.40. The number of hydrogen-bond acceptors (Lipinski definition) is 8. The standard InChI is InChI=1S/C22H21ClF3N3O5S/c1-2-33-11-3-4-17(12(23)7-11)35-22-21(32)19(20(31)16(9-30)34-22)29-8-15(27-28-29)10-5-13(24)18(26)14(25)6-10/h3-8,16,19-22,30-32H,2,9H2,1H3/t16-,19+,20+,21-,22-/m1/s1. The molecule has 0 amide bonds. The largest absolute Gasteiger partial charge is 0.494 e. The Morgan fingerprint density at radius 1 is 1.14 bits per heavy atom. The first-order valence-corrected chi connectivity index (χ1v) is 11.8. The van der Waals surface area contributed by atoms with Crippen molar-refractivity contribution in [1.29, 1.82) is 0 Å². The molecular formula is C22H21ClF3N3O5S. The summed E-state index contributed by atoms with van der Waals surface area (Å²) in [5.41, 5.74) is -1.09. The van der Waals surface area contributed by atoms with Gasteiger partial charge in [0.05, 0.1) is 24.4 Å². The highest BCUT2D eigenvalue weighted by Gasteiger charge is 2.46. The monoisotopic (exact) mass is 531 g/mol. The van der Waals surface area contributed by atoms with Gasteiger partial charge in [0.2, 0.25) is 0 Å². The highest BCUT2D eigenvalue weighted by atomic mass is 35.5. The molecule has 5 atom stereocenters. The first-order valence-electron chi connectivity index (χ1n) is 10.5. The fourth-order valence-electron chi connectivity index (χ4n) is 3.69. The summed E-state index contributed by atoms with van der Waals surface area (Å²) < 4.78 is 52.8. The fourth-order valence-corrected chi connectivity index (χ4v) is 5.07. The van der Waals surface area contributed by atoms with Gasteiger partial charge in [-0.1, -0.05) is 28.6 Å². The van der Waals surface area contributed by atoms with E-state index in [4.69, 9.17) is 21.1 Å². The Bertz CT molecular complexity index is 1180. The molecule has 1 aliphatic heterocycles. The smallest absolute Gasteiger partial charge is 0.194 e. The predicted octanol–water partition coefficient (Wildman–Crippen LogP) is 3.19. The Balaban J connectivity index is 1.61. The van der Waals surface area contributed by atoms with Crippen LogP contribution >= 0.6 is 23.4 Å². The van der Waals surface area contributed by atoms with Gasteiger partial charge in [0.25, 0.3) is 0 Å². The molecule has 0 bridgehead atoms. The zero-order valence-corrected chi connectivity index (χ0v) is 19.8. The van der Waals surface area contributed by atoms with Gasteiger partial charge < -0.3 is 24.8 Å². The van der Waals surface area contributed by atoms with E-state index in [1.807, 2.05) is 6.92 Å². The minimum Gasteiger partial charge on any atom is -0.494 e. The van der Waals surface area contributed by atoms with Crippen LogP contribution in [0.25, 0.3) is 11.3 Å². The van der Waals surface area contributed by atoms with E-state index in [1.165, 1.54) is 6.20 Å². The Kier molecular flexibility index (Phi) is 7.89. The van der Waals surface area contributed by atoms with Gasteiger partial charge >= 0.3 is 0 Å². The molecule has 35 heavy (non-hydrogen) atoms. The number of aliphatic hydroxyl groups excluding tert-OH is 3. The maximum absolute atomic E-state index is 13.7. The maximum atomic E-state index is 13.7. The van der Waals surface area contributed by atoms with Crippen molar-refractivity contribution in [3.8, 4) is 17.0 Å². The predicted molar refractivity (Wildman–Crippen MR) is 121 cm³/mol. The van der Waals surface area contributed by atoms with Gasteiger partial charge in [-0.15, -0.1) is 5.10 Å². The first-order chi connectivity index (χ1) is 16.7. The van der Waals surface area contributed by atoms with Gasteiger partial charge in [-0.25, -0.2) is 17.9 Å². The van der Waals surface area contributed by atoms with Crippen LogP contribution in [0.4, 0.5) is 13.2 Å². The average Bonchev–Trinajstić information content (AvgIpc) is 3.30. The van der Waals surface area contributed by atoms with Gasteiger partial charge in [0.15, 0.2) is 17.5 Å². The van der Waals surface area contributed by atoms with Crippen LogP contribution in [0.2, 0.25) is 5.02 Å². The SMILES string of the molecule is CCOc1ccc(S[C@H]2O[C@H](CO)[C@H](O)[C@H](n3cc(-c4cc(F)c(F)c(F)c4)nn3)[C@H]2O)c(Cl)c1. The number of ether oxygens (including phenoxy) is 2. The summed E-state index contributed by atoms with van der Waals surface area (Å²) in [4.78, 5) is 0.558. The van der Waals surface area contributed by atoms with E-state index in [-0.39, 0.29) is 11.3 Å². The minimum absolute atomic E-state index is 0.0204. The molecule has 0 radical (unpaired) electrons. The fraction of sp³-hybridized carbons (Fsp3) is 0.364. The number of benzene rings is 2. The van der Waals surface area contributed by atoms with Crippen molar-refractivity contribution in [3.63, 3.8) is 0 Å². The first kappa shape index (κ1) is 25.7. The molecule has 1 fully saturated rings. The third kappa shape index (κ3) is 5.27. The molecule has 2 aromatic carbocycles. The number of hydrogen-bond donors (Lipinski definition) is 3. The molecule has 0 unspecified atom stereocenters. The normalized spacial score (nSPS) is 24.5. The molecule has 1 saturated heterocycles. The quantitative estimate of drug-likeness (QED) is 0.399. The second-order valence-corrected chi connectivity index (χ2v) is 9.23. The van der Waals surface area contributed by atoms with E-state index >= 15 is 0 Å². The molecule has 8 nitrogen and oxygen atoms in total. The highest BCUT2D eigenvalue weighted by molar-refractivity contribution is 8.00. The molecule has 0 saturated carbocycles. The van der Waals surface area contributed by atoms with Crippen molar-refractivity contribution in [2.45, 2.75) is 41.6 Å². The zero-order valence-electron chi connectivity index (χ0n) is 18.2. The number of aromatic nitrogens is 3. The number of thioether (sulfide) groups is 1. The molecule has 13 heteroatoms. The van der Waals surface area contributed by atoms with Gasteiger partial charge in [0, 0.05) is 10.5 Å². The Morgan fingerprint density at radius 3 is 2.49 bits per heavy atom. The van der Waals surface area contributed by atoms with Crippen molar-refractivity contribution in [2.75, 3.05) is 13.2 Å². The van der Waals surface area contributed by atoms with Crippen LogP contribution < -0.4 is 4.74 Å². The Labute approximate surface area is 207 Å². The van der Waals surface area contributed by atoms with Crippen molar-refractivity contribution in [2.24, 2.45) is 0 Å². The number of aliphatic hydroxyl groups is 3. The Hall–Kier alpha value is -2.35. The van der Waals surface area contributed by atoms with E-state index in [1.54, 1.807) is 18.2 Å². The molecule has 0 spiro atoms. The summed E-state index contributed by atoms with van der Waals surface area (Å²) in [6.45, 7) is 1.73. The van der Waals surface area contributed by atoms with Crippen LogP contribution in [-0.2, 0) is 4.74 Å². The van der Waals surface area contributed by atoms with Crippen molar-refractivity contribution in [1.82, 2.24) is 15.0 Å². The third-order valence-corrected chi connectivity index (χ3v) is 7.06. The van der Waals surface area contributed by atoms with Crippen LogP contribution in [0, 0.1) is 17.5 Å². The second kappa shape index (κ2) is 10.7. The van der Waals surface area contributed by atoms with Crippen molar-refractivity contribution < 1.29 is 38.0 Å². The molecular weight excluding hydrogens is 511 g/mol. The molecule has 0 aliphatic carbocycles. The number of nitrogens with zero attached hydrogens (tertiary/aromatic N) is 3.